The van der Waals surface area contributed by atoms with Gasteiger partial charge in [0.15, 0.2) is 0 Å². The summed E-state index contributed by atoms with van der Waals surface area (Å²) in [5.74, 6) is 0. The molecule has 4 heavy (non-hydrogen) atoms. The Morgan fingerprint density at radius 1 is 0.750 bits per heavy atom. The molecule has 0 amide bonds. The van der Waals surface area contributed by atoms with Gasteiger partial charge in [-0.15, -0.1) is 12.4 Å². The summed E-state index contributed by atoms with van der Waals surface area (Å²) in [4.78, 5) is 0. The van der Waals surface area contributed by atoms with Crippen molar-refractivity contribution in [3.63, 3.8) is 0 Å². The Balaban J connectivity index is 0. The Morgan fingerprint density at radius 2 is 0.750 bits per heavy atom. The van der Waals surface area contributed by atoms with Crippen LogP contribution in [0.4, 0.5) is 0 Å². The molecule has 0 fully saturated rings. The largest absolute Gasteiger partial charge is 2.00 e. The molecule has 0 aliphatic rings. The molecule has 0 aliphatic heterocycles. The van der Waals surface area contributed by atoms with Crippen molar-refractivity contribution in [2.24, 2.45) is 0 Å². The van der Waals surface area contributed by atoms with Gasteiger partial charge >= 0.3 is 37.7 Å². The second-order valence-corrected chi connectivity index (χ2v) is 0. The number of hydrogen-bond donors (Lipinski definition) is 0. The van der Waals surface area contributed by atoms with Crippen molar-refractivity contribution in [1.29, 1.82) is 0 Å². The van der Waals surface area contributed by atoms with Gasteiger partial charge in [-0.3, -0.25) is 0 Å². The Hall–Kier alpha value is 1.44. The molecule has 0 rings (SSSR count). The molecule has 0 aromatic rings. The minimum atomic E-state index is 0. The summed E-state index contributed by atoms with van der Waals surface area (Å²) in [6, 6.07) is 0. The first kappa shape index (κ1) is 51.5. The van der Waals surface area contributed by atoms with Gasteiger partial charge in [0, 0.05) is 0 Å². The van der Waals surface area contributed by atoms with E-state index in [1.807, 2.05) is 0 Å². The van der Waals surface area contributed by atoms with Gasteiger partial charge in [-0.25, -0.2) is 0 Å². The molecule has 4 heteroatoms. The molecule has 0 aromatic heterocycles. The van der Waals surface area contributed by atoms with Crippen LogP contribution < -0.4 is 37.7 Å². The quantitative estimate of drug-likeness (QED) is 0.252. The van der Waals surface area contributed by atoms with Gasteiger partial charge in [0.2, 0.25) is 0 Å². The number of rotatable bonds is 0. The predicted octanol–water partition coefficient (Wildman–Crippen LogP) is -5.69. The van der Waals surface area contributed by atoms with Crippen molar-refractivity contribution in [2.45, 2.75) is 0 Å². The fraction of sp³-hybridized carbons (Fsp3) is 0. The van der Waals surface area contributed by atoms with Crippen LogP contribution in [-0.2, 0) is 5.48 Å². The molecule has 1 nitrogen and oxygen atoms in total. The molecule has 0 N–H and O–H groups in total. The zero-order chi connectivity index (χ0) is 0. The molecule has 0 radical (unpaired) electrons. The monoisotopic (exact) mass is 66.0 g/mol. The van der Waals surface area contributed by atoms with Crippen LogP contribution in [0, 0.1) is 0 Å². The first-order valence-corrected chi connectivity index (χ1v) is 0. The maximum Gasteiger partial charge on any atom is 1.00 e. The number of hydrogen-bond acceptors (Lipinski definition) is 0. The third-order valence-electron chi connectivity index (χ3n) is 0. The van der Waals surface area contributed by atoms with Gasteiger partial charge in [-0.2, -0.15) is 0 Å². The van der Waals surface area contributed by atoms with Crippen LogP contribution in [0.1, 0.15) is 0 Å². The summed E-state index contributed by atoms with van der Waals surface area (Å²) in [5.41, 5.74) is 0. The van der Waals surface area contributed by atoms with E-state index in [-0.39, 0.29) is 55.6 Å². The van der Waals surface area contributed by atoms with Gasteiger partial charge in [-0.1, -0.05) is 0 Å². The van der Waals surface area contributed by atoms with E-state index < -0.39 is 0 Å². The zero-order valence-corrected chi connectivity index (χ0v) is 3.63. The molecule has 0 saturated carbocycles. The molecule has 0 unspecified atom stereocenters. The molecule has 0 spiro atoms. The van der Waals surface area contributed by atoms with Crippen LogP contribution in [0.15, 0.2) is 0 Å². The third kappa shape index (κ3) is 9.86. The van der Waals surface area contributed by atoms with Crippen LogP contribution in [0.2, 0.25) is 0 Å². The van der Waals surface area contributed by atoms with E-state index in [0.717, 1.165) is 0 Å². The maximum atomic E-state index is 0. The van der Waals surface area contributed by atoms with Crippen molar-refractivity contribution in [3.8, 4) is 0 Å². The molecule has 0 aromatic carbocycles. The summed E-state index contributed by atoms with van der Waals surface area (Å²) < 4.78 is 0. The van der Waals surface area contributed by atoms with Crippen molar-refractivity contribution in [2.75, 3.05) is 0 Å². The normalized spacial score (nSPS) is 0. The van der Waals surface area contributed by atoms with Crippen LogP contribution >= 0.6 is 12.4 Å². The molecular weight excluding hydrogens is 65.3 g/mol. The van der Waals surface area contributed by atoms with Crippen LogP contribution in [0.5, 0.6) is 0 Å². The van der Waals surface area contributed by atoms with Crippen LogP contribution in [0.25, 0.3) is 0 Å². The first-order chi connectivity index (χ1) is 0. The van der Waals surface area contributed by atoms with E-state index in [1.165, 1.54) is 0 Å². The molecule has 16 valence electrons. The fourth-order valence-corrected chi connectivity index (χ4v) is 0. The third-order valence-corrected chi connectivity index (χ3v) is 0. The Labute approximate surface area is 55.6 Å². The van der Waals surface area contributed by atoms with E-state index in [0.29, 0.717) is 0 Å². The van der Waals surface area contributed by atoms with E-state index in [9.17, 15) is 0 Å². The summed E-state index contributed by atoms with van der Waals surface area (Å²) in [7, 11) is 0. The van der Waals surface area contributed by atoms with Crippen molar-refractivity contribution in [1.82, 2.24) is 0 Å². The van der Waals surface area contributed by atoms with Crippen LogP contribution in [-0.4, -0.2) is 0 Å². The minimum Gasteiger partial charge on any atom is -2.00 e. The van der Waals surface area contributed by atoms with Crippen molar-refractivity contribution in [3.05, 3.63) is 0 Å². The summed E-state index contributed by atoms with van der Waals surface area (Å²) in [5, 5.41) is 0. The molecule has 0 atom stereocenters. The van der Waals surface area contributed by atoms with Gasteiger partial charge < -0.3 is 5.48 Å². The zero-order valence-electron chi connectivity index (χ0n) is 2.82. The number of halogens is 1. The maximum absolute atomic E-state index is 0. The molecule has 0 bridgehead atoms. The van der Waals surface area contributed by atoms with Gasteiger partial charge in [-0.05, 0) is 0 Å². The summed E-state index contributed by atoms with van der Waals surface area (Å²) in [6.07, 6.45) is 0. The average Bonchev–Trinajstić information content (AvgIpc) is 0. The van der Waals surface area contributed by atoms with Crippen molar-refractivity contribution >= 4 is 12.4 Å². The molecule has 0 aliphatic carbocycles. The average molecular weight is 66.3 g/mol. The first-order valence-electron chi connectivity index (χ1n) is 0. The Bertz CT molecular complexity index is 6.00. The predicted molar refractivity (Wildman–Crippen MR) is 7.93 cm³/mol. The van der Waals surface area contributed by atoms with E-state index in [1.54, 1.807) is 0 Å². The van der Waals surface area contributed by atoms with Crippen molar-refractivity contribution < 1.29 is 43.2 Å². The van der Waals surface area contributed by atoms with Gasteiger partial charge in [0.05, 0.1) is 0 Å². The smallest absolute Gasteiger partial charge is 1.00 e. The van der Waals surface area contributed by atoms with Gasteiger partial charge in [0.25, 0.3) is 0 Å². The van der Waals surface area contributed by atoms with Gasteiger partial charge in [0.1, 0.15) is 0 Å². The standard InChI is InChI=1S/ClH.2Li.O/h1H;;;/q;2*+1;-2. The van der Waals surface area contributed by atoms with E-state index in [4.69, 9.17) is 0 Å². The summed E-state index contributed by atoms with van der Waals surface area (Å²) >= 11 is 0. The Morgan fingerprint density at radius 3 is 0.750 bits per heavy atom. The van der Waals surface area contributed by atoms with E-state index >= 15 is 0 Å². The molecule has 0 saturated heterocycles. The summed E-state index contributed by atoms with van der Waals surface area (Å²) in [6.45, 7) is 0. The molecule has 0 heterocycles. The molecular formula is HClLi2O. The topological polar surface area (TPSA) is 28.5 Å². The minimum absolute atomic E-state index is 0. The Kier molecular flexibility index (Phi) is 326. The van der Waals surface area contributed by atoms with E-state index in [2.05, 4.69) is 0 Å². The second-order valence-electron chi connectivity index (χ2n) is 0. The second kappa shape index (κ2) is 25.3. The SMILES string of the molecule is Cl.[Li+].[Li+].[O-2]. The fourth-order valence-electron chi connectivity index (χ4n) is 0. The van der Waals surface area contributed by atoms with Crippen LogP contribution in [0.3, 0.4) is 0 Å².